The molecule has 0 bridgehead atoms. The highest BCUT2D eigenvalue weighted by Gasteiger charge is 2.14. The molecule has 3 rings (SSSR count). The molecule has 0 aliphatic heterocycles. The third-order valence-electron chi connectivity index (χ3n) is 3.79. The topological polar surface area (TPSA) is 98.8 Å². The number of benzene rings is 1. The Morgan fingerprint density at radius 1 is 1.33 bits per heavy atom. The standard InChI is InChI=1S/C16H19N5O2S/c1-23-12(8-7-11-5-3-2-4-6-11)9-24-21-15-13(20-16(21)22)14(17)18-10-19-15/h2-6,10,12H,7-9H2,1H3,(H,20,22)(H2,17,18,19). The van der Waals surface area contributed by atoms with E-state index in [0.717, 1.165) is 12.8 Å². The summed E-state index contributed by atoms with van der Waals surface area (Å²) >= 11 is 1.36. The smallest absolute Gasteiger partial charge is 0.338 e. The van der Waals surface area contributed by atoms with Crippen molar-refractivity contribution in [2.24, 2.45) is 0 Å². The normalized spacial score (nSPS) is 12.5. The van der Waals surface area contributed by atoms with E-state index < -0.39 is 0 Å². The van der Waals surface area contributed by atoms with Gasteiger partial charge in [0.15, 0.2) is 11.5 Å². The fourth-order valence-electron chi connectivity index (χ4n) is 2.44. The summed E-state index contributed by atoms with van der Waals surface area (Å²) in [6.45, 7) is 0. The Hall–Kier alpha value is -2.32. The number of nitrogen functional groups attached to an aromatic ring is 1. The van der Waals surface area contributed by atoms with Crippen LogP contribution in [0.3, 0.4) is 0 Å². The minimum absolute atomic E-state index is 0.0336. The van der Waals surface area contributed by atoms with Gasteiger partial charge in [-0.2, -0.15) is 0 Å². The number of hydrogen-bond acceptors (Lipinski definition) is 6. The monoisotopic (exact) mass is 345 g/mol. The lowest BCUT2D eigenvalue weighted by Crippen LogP contribution is -2.19. The molecule has 2 aromatic heterocycles. The maximum absolute atomic E-state index is 12.1. The summed E-state index contributed by atoms with van der Waals surface area (Å²) < 4.78 is 7.04. The second kappa shape index (κ2) is 7.50. The number of nitrogens with two attached hydrogens (primary N) is 1. The summed E-state index contributed by atoms with van der Waals surface area (Å²) in [5.74, 6) is 0.906. The van der Waals surface area contributed by atoms with E-state index in [9.17, 15) is 4.79 Å². The molecule has 2 heterocycles. The number of aromatic nitrogens is 4. The van der Waals surface area contributed by atoms with Crippen molar-refractivity contribution in [2.75, 3.05) is 18.6 Å². The summed E-state index contributed by atoms with van der Waals surface area (Å²) in [5.41, 5.74) is 7.73. The number of imidazole rings is 1. The molecule has 0 aliphatic carbocycles. The summed E-state index contributed by atoms with van der Waals surface area (Å²) in [5, 5.41) is 0. The van der Waals surface area contributed by atoms with Crippen molar-refractivity contribution in [1.82, 2.24) is 18.9 Å². The first-order valence-electron chi connectivity index (χ1n) is 7.60. The highest BCUT2D eigenvalue weighted by molar-refractivity contribution is 7.98. The van der Waals surface area contributed by atoms with Crippen LogP contribution in [0.1, 0.15) is 12.0 Å². The summed E-state index contributed by atoms with van der Waals surface area (Å²) in [6, 6.07) is 10.3. The maximum atomic E-state index is 12.1. The number of rotatable bonds is 7. The fraction of sp³-hybridized carbons (Fsp3) is 0.312. The molecule has 1 aromatic carbocycles. The second-order valence-electron chi connectivity index (χ2n) is 5.36. The van der Waals surface area contributed by atoms with Gasteiger partial charge in [-0.1, -0.05) is 30.3 Å². The minimum Gasteiger partial charge on any atom is -0.382 e. The Morgan fingerprint density at radius 3 is 2.88 bits per heavy atom. The molecular formula is C16H19N5O2S. The van der Waals surface area contributed by atoms with Gasteiger partial charge in [-0.25, -0.2) is 18.7 Å². The largest absolute Gasteiger partial charge is 0.382 e. The van der Waals surface area contributed by atoms with Gasteiger partial charge < -0.3 is 15.5 Å². The Bertz CT molecular complexity index is 862. The number of hydrogen-bond donors (Lipinski definition) is 2. The molecule has 3 aromatic rings. The lowest BCUT2D eigenvalue weighted by atomic mass is 10.1. The third-order valence-corrected chi connectivity index (χ3v) is 4.90. The van der Waals surface area contributed by atoms with E-state index in [1.807, 2.05) is 18.2 Å². The van der Waals surface area contributed by atoms with Crippen molar-refractivity contribution < 1.29 is 4.74 Å². The quantitative estimate of drug-likeness (QED) is 0.678. The van der Waals surface area contributed by atoms with Crippen molar-refractivity contribution in [3.8, 4) is 0 Å². The van der Waals surface area contributed by atoms with Crippen LogP contribution >= 0.6 is 11.9 Å². The lowest BCUT2D eigenvalue weighted by molar-refractivity contribution is 0.115. The molecule has 1 atom stereocenters. The Balaban J connectivity index is 1.67. The van der Waals surface area contributed by atoms with Gasteiger partial charge in [0.25, 0.3) is 0 Å². The van der Waals surface area contributed by atoms with Gasteiger partial charge in [0, 0.05) is 12.9 Å². The number of ether oxygens (including phenoxy) is 1. The predicted octanol–water partition coefficient (Wildman–Crippen LogP) is 1.85. The molecule has 8 heteroatoms. The Morgan fingerprint density at radius 2 is 2.12 bits per heavy atom. The van der Waals surface area contributed by atoms with Gasteiger partial charge in [-0.3, -0.25) is 0 Å². The van der Waals surface area contributed by atoms with Gasteiger partial charge >= 0.3 is 5.69 Å². The van der Waals surface area contributed by atoms with Crippen LogP contribution in [0.4, 0.5) is 5.82 Å². The molecule has 0 radical (unpaired) electrons. The van der Waals surface area contributed by atoms with Crippen molar-refractivity contribution in [3.05, 3.63) is 52.7 Å². The first-order valence-corrected chi connectivity index (χ1v) is 8.54. The van der Waals surface area contributed by atoms with Gasteiger partial charge in [-0.15, -0.1) is 0 Å². The summed E-state index contributed by atoms with van der Waals surface area (Å²) in [4.78, 5) is 22.8. The Kier molecular flexibility index (Phi) is 5.17. The molecule has 0 saturated heterocycles. The van der Waals surface area contributed by atoms with Crippen molar-refractivity contribution in [2.45, 2.75) is 18.9 Å². The molecule has 0 spiro atoms. The summed E-state index contributed by atoms with van der Waals surface area (Å²) in [6.07, 6.45) is 3.19. The zero-order chi connectivity index (χ0) is 16.9. The fourth-order valence-corrected chi connectivity index (χ4v) is 3.48. The first kappa shape index (κ1) is 16.5. The molecular weight excluding hydrogens is 326 g/mol. The van der Waals surface area contributed by atoms with Crippen LogP contribution in [-0.4, -0.2) is 37.9 Å². The van der Waals surface area contributed by atoms with Crippen molar-refractivity contribution in [1.29, 1.82) is 0 Å². The van der Waals surface area contributed by atoms with Crippen LogP contribution in [0.2, 0.25) is 0 Å². The molecule has 0 fully saturated rings. The maximum Gasteiger partial charge on any atom is 0.338 e. The number of anilines is 1. The minimum atomic E-state index is -0.264. The van der Waals surface area contributed by atoms with Gasteiger partial charge in [0.05, 0.1) is 6.10 Å². The van der Waals surface area contributed by atoms with E-state index in [4.69, 9.17) is 10.5 Å². The van der Waals surface area contributed by atoms with Crippen LogP contribution in [0, 0.1) is 0 Å². The Labute approximate surface area is 143 Å². The summed E-state index contributed by atoms with van der Waals surface area (Å²) in [7, 11) is 1.69. The van der Waals surface area contributed by atoms with E-state index in [2.05, 4.69) is 27.1 Å². The van der Waals surface area contributed by atoms with Crippen LogP contribution < -0.4 is 11.4 Å². The average molecular weight is 345 g/mol. The molecule has 126 valence electrons. The van der Waals surface area contributed by atoms with Crippen molar-refractivity contribution in [3.63, 3.8) is 0 Å². The first-order chi connectivity index (χ1) is 11.7. The number of nitrogens with one attached hydrogen (secondary N) is 1. The second-order valence-corrected chi connectivity index (χ2v) is 6.32. The number of fused-ring (bicyclic) bond motifs is 1. The van der Waals surface area contributed by atoms with Crippen molar-refractivity contribution >= 4 is 28.9 Å². The van der Waals surface area contributed by atoms with Crippen LogP contribution in [0.25, 0.3) is 11.2 Å². The molecule has 24 heavy (non-hydrogen) atoms. The predicted molar refractivity (Wildman–Crippen MR) is 96.0 cm³/mol. The van der Waals surface area contributed by atoms with E-state index in [1.165, 1.54) is 27.8 Å². The van der Waals surface area contributed by atoms with Gasteiger partial charge in [-0.05, 0) is 30.4 Å². The van der Waals surface area contributed by atoms with E-state index in [-0.39, 0.29) is 17.6 Å². The number of aryl methyl sites for hydroxylation is 1. The molecule has 7 nitrogen and oxygen atoms in total. The van der Waals surface area contributed by atoms with E-state index >= 15 is 0 Å². The molecule has 0 saturated carbocycles. The highest BCUT2D eigenvalue weighted by Crippen LogP contribution is 2.18. The molecule has 1 unspecified atom stereocenters. The number of nitrogens with zero attached hydrogens (tertiary/aromatic N) is 3. The van der Waals surface area contributed by atoms with Gasteiger partial charge in [0.2, 0.25) is 0 Å². The van der Waals surface area contributed by atoms with Gasteiger partial charge in [0.1, 0.15) is 11.8 Å². The van der Waals surface area contributed by atoms with E-state index in [0.29, 0.717) is 16.9 Å². The molecule has 0 aliphatic rings. The highest BCUT2D eigenvalue weighted by atomic mass is 32.2. The zero-order valence-corrected chi connectivity index (χ0v) is 14.1. The van der Waals surface area contributed by atoms with Crippen LogP contribution in [-0.2, 0) is 11.2 Å². The SMILES string of the molecule is COC(CCc1ccccc1)CSn1c(=O)[nH]c2c(N)ncnc21. The number of aromatic amines is 1. The van der Waals surface area contributed by atoms with Crippen LogP contribution in [0.5, 0.6) is 0 Å². The average Bonchev–Trinajstić information content (AvgIpc) is 2.93. The third kappa shape index (κ3) is 3.60. The molecule has 0 amide bonds. The van der Waals surface area contributed by atoms with Crippen LogP contribution in [0.15, 0.2) is 41.5 Å². The number of H-pyrrole nitrogens is 1. The zero-order valence-electron chi connectivity index (χ0n) is 13.3. The number of methoxy groups -OCH3 is 1. The lowest BCUT2D eigenvalue weighted by Gasteiger charge is -2.14. The molecule has 3 N–H and O–H groups in total. The van der Waals surface area contributed by atoms with E-state index in [1.54, 1.807) is 7.11 Å².